The van der Waals surface area contributed by atoms with E-state index in [2.05, 4.69) is 9.88 Å². The number of hydrogen-bond donors (Lipinski definition) is 0. The van der Waals surface area contributed by atoms with Crippen molar-refractivity contribution in [2.24, 2.45) is 0 Å². The Hall–Kier alpha value is -2.44. The number of piperazine rings is 1. The number of para-hydroxylation sites is 1. The number of carbonyl (C=O) groups is 1. The molecule has 7 heteroatoms. The number of benzene rings is 2. The average Bonchev–Trinajstić information content (AvgIpc) is 3.17. The minimum absolute atomic E-state index is 0.0647. The SMILES string of the molecule is O=C(Cc1csc(-c2cccc(F)c2)n1)N1CCN(c2ccccc2Cl)CC1. The standard InChI is InChI=1S/C21H19ClFN3OS/c22-18-6-1-2-7-19(18)25-8-10-26(11-9-25)20(27)13-17-14-28-21(24-17)15-4-3-5-16(23)12-15/h1-7,12,14H,8-11,13H2. The maximum atomic E-state index is 13.4. The zero-order chi connectivity index (χ0) is 19.5. The third-order valence-electron chi connectivity index (χ3n) is 4.78. The highest BCUT2D eigenvalue weighted by Gasteiger charge is 2.23. The molecule has 1 amide bonds. The maximum Gasteiger partial charge on any atom is 0.228 e. The van der Waals surface area contributed by atoms with Gasteiger partial charge in [0.15, 0.2) is 0 Å². The zero-order valence-electron chi connectivity index (χ0n) is 15.1. The molecule has 2 heterocycles. The average molecular weight is 416 g/mol. The topological polar surface area (TPSA) is 36.4 Å². The van der Waals surface area contributed by atoms with E-state index in [1.165, 1.54) is 23.5 Å². The Morgan fingerprint density at radius 3 is 2.64 bits per heavy atom. The van der Waals surface area contributed by atoms with Crippen LogP contribution in [0.1, 0.15) is 5.69 Å². The summed E-state index contributed by atoms with van der Waals surface area (Å²) in [6.07, 6.45) is 0.262. The normalized spacial score (nSPS) is 14.4. The van der Waals surface area contributed by atoms with Gasteiger partial charge in [0.2, 0.25) is 5.91 Å². The molecule has 0 saturated carbocycles. The first-order valence-corrected chi connectivity index (χ1v) is 10.3. The van der Waals surface area contributed by atoms with Gasteiger partial charge in [0, 0.05) is 37.1 Å². The lowest BCUT2D eigenvalue weighted by Gasteiger charge is -2.36. The first-order valence-electron chi connectivity index (χ1n) is 9.08. The monoisotopic (exact) mass is 415 g/mol. The molecule has 144 valence electrons. The Kier molecular flexibility index (Phi) is 5.59. The molecular formula is C21H19ClFN3OS. The van der Waals surface area contributed by atoms with E-state index < -0.39 is 0 Å². The summed E-state index contributed by atoms with van der Waals surface area (Å²) < 4.78 is 13.4. The Bertz CT molecular complexity index is 985. The van der Waals surface area contributed by atoms with Crippen LogP contribution in [-0.2, 0) is 11.2 Å². The Balaban J connectivity index is 1.36. The van der Waals surface area contributed by atoms with E-state index >= 15 is 0 Å². The molecule has 4 nitrogen and oxygen atoms in total. The predicted octanol–water partition coefficient (Wildman–Crippen LogP) is 4.49. The molecule has 0 atom stereocenters. The molecule has 0 N–H and O–H groups in total. The Labute approximate surface area is 172 Å². The van der Waals surface area contributed by atoms with Gasteiger partial charge in [-0.1, -0.05) is 35.9 Å². The van der Waals surface area contributed by atoms with Crippen molar-refractivity contribution in [3.63, 3.8) is 0 Å². The fraction of sp³-hybridized carbons (Fsp3) is 0.238. The van der Waals surface area contributed by atoms with Crippen LogP contribution in [0.15, 0.2) is 53.9 Å². The van der Waals surface area contributed by atoms with Crippen molar-refractivity contribution in [2.75, 3.05) is 31.1 Å². The number of amides is 1. The molecule has 1 aliphatic rings. The molecule has 1 fully saturated rings. The molecule has 1 aliphatic heterocycles. The summed E-state index contributed by atoms with van der Waals surface area (Å²) in [5.41, 5.74) is 2.47. The number of hydrogen-bond acceptors (Lipinski definition) is 4. The van der Waals surface area contributed by atoms with Gasteiger partial charge in [-0.15, -0.1) is 11.3 Å². The molecule has 0 radical (unpaired) electrons. The van der Waals surface area contributed by atoms with Crippen LogP contribution in [-0.4, -0.2) is 42.0 Å². The van der Waals surface area contributed by atoms with Gasteiger partial charge in [0.05, 0.1) is 22.8 Å². The van der Waals surface area contributed by atoms with Gasteiger partial charge < -0.3 is 9.80 Å². The van der Waals surface area contributed by atoms with Crippen LogP contribution in [0.4, 0.5) is 10.1 Å². The highest BCUT2D eigenvalue weighted by molar-refractivity contribution is 7.13. The van der Waals surface area contributed by atoms with Gasteiger partial charge in [-0.2, -0.15) is 0 Å². The van der Waals surface area contributed by atoms with Crippen molar-refractivity contribution >= 4 is 34.5 Å². The minimum Gasteiger partial charge on any atom is -0.367 e. The molecular weight excluding hydrogens is 397 g/mol. The van der Waals surface area contributed by atoms with Gasteiger partial charge >= 0.3 is 0 Å². The van der Waals surface area contributed by atoms with E-state index in [4.69, 9.17) is 11.6 Å². The third kappa shape index (κ3) is 4.18. The summed E-state index contributed by atoms with van der Waals surface area (Å²) in [6.45, 7) is 2.82. The van der Waals surface area contributed by atoms with Gasteiger partial charge in [-0.05, 0) is 24.3 Å². The molecule has 28 heavy (non-hydrogen) atoms. The second-order valence-electron chi connectivity index (χ2n) is 6.65. The predicted molar refractivity (Wildman–Crippen MR) is 111 cm³/mol. The van der Waals surface area contributed by atoms with E-state index in [0.717, 1.165) is 40.1 Å². The summed E-state index contributed by atoms with van der Waals surface area (Å²) in [4.78, 5) is 21.2. The molecule has 1 saturated heterocycles. The third-order valence-corrected chi connectivity index (χ3v) is 6.04. The van der Waals surface area contributed by atoms with Crippen LogP contribution in [0.5, 0.6) is 0 Å². The van der Waals surface area contributed by atoms with Crippen molar-refractivity contribution in [1.82, 2.24) is 9.88 Å². The second-order valence-corrected chi connectivity index (χ2v) is 7.92. The highest BCUT2D eigenvalue weighted by atomic mass is 35.5. The summed E-state index contributed by atoms with van der Waals surface area (Å²) in [6, 6.07) is 14.1. The van der Waals surface area contributed by atoms with Crippen LogP contribution in [0.25, 0.3) is 10.6 Å². The molecule has 3 aromatic rings. The van der Waals surface area contributed by atoms with Gasteiger partial charge in [0.1, 0.15) is 10.8 Å². The maximum absolute atomic E-state index is 13.4. The number of aromatic nitrogens is 1. The van der Waals surface area contributed by atoms with Crippen LogP contribution in [0, 0.1) is 5.82 Å². The lowest BCUT2D eigenvalue weighted by molar-refractivity contribution is -0.130. The molecule has 2 aromatic carbocycles. The molecule has 0 aliphatic carbocycles. The second kappa shape index (κ2) is 8.29. The van der Waals surface area contributed by atoms with E-state index in [1.54, 1.807) is 6.07 Å². The summed E-state index contributed by atoms with van der Waals surface area (Å²) in [5, 5.41) is 3.33. The van der Waals surface area contributed by atoms with Gasteiger partial charge in [-0.3, -0.25) is 4.79 Å². The van der Waals surface area contributed by atoms with E-state index in [-0.39, 0.29) is 18.1 Å². The number of carbonyl (C=O) groups excluding carboxylic acids is 1. The number of halogens is 2. The number of nitrogens with zero attached hydrogens (tertiary/aromatic N) is 3. The fourth-order valence-corrected chi connectivity index (χ4v) is 4.39. The fourth-order valence-electron chi connectivity index (χ4n) is 3.31. The van der Waals surface area contributed by atoms with Crippen molar-refractivity contribution in [3.8, 4) is 10.6 Å². The van der Waals surface area contributed by atoms with E-state index in [1.807, 2.05) is 40.6 Å². The van der Waals surface area contributed by atoms with Gasteiger partial charge in [0.25, 0.3) is 0 Å². The first kappa shape index (κ1) is 18.9. The quantitative estimate of drug-likeness (QED) is 0.629. The number of anilines is 1. The Morgan fingerprint density at radius 2 is 1.89 bits per heavy atom. The lowest BCUT2D eigenvalue weighted by Crippen LogP contribution is -2.49. The lowest BCUT2D eigenvalue weighted by atomic mass is 10.2. The van der Waals surface area contributed by atoms with Crippen LogP contribution >= 0.6 is 22.9 Å². The van der Waals surface area contributed by atoms with E-state index in [0.29, 0.717) is 13.1 Å². The number of thiazole rings is 1. The van der Waals surface area contributed by atoms with Crippen molar-refractivity contribution in [1.29, 1.82) is 0 Å². The highest BCUT2D eigenvalue weighted by Crippen LogP contribution is 2.27. The Morgan fingerprint density at radius 1 is 1.11 bits per heavy atom. The molecule has 4 rings (SSSR count). The summed E-state index contributed by atoms with van der Waals surface area (Å²) >= 11 is 7.70. The summed E-state index contributed by atoms with van der Waals surface area (Å²) in [7, 11) is 0. The van der Waals surface area contributed by atoms with Crippen LogP contribution in [0.2, 0.25) is 5.02 Å². The molecule has 1 aromatic heterocycles. The zero-order valence-corrected chi connectivity index (χ0v) is 16.7. The van der Waals surface area contributed by atoms with Crippen LogP contribution < -0.4 is 4.90 Å². The van der Waals surface area contributed by atoms with Gasteiger partial charge in [-0.25, -0.2) is 9.37 Å². The van der Waals surface area contributed by atoms with Crippen molar-refractivity contribution in [2.45, 2.75) is 6.42 Å². The first-order chi connectivity index (χ1) is 13.6. The number of rotatable bonds is 4. The van der Waals surface area contributed by atoms with Crippen molar-refractivity contribution in [3.05, 3.63) is 70.4 Å². The molecule has 0 bridgehead atoms. The minimum atomic E-state index is -0.290. The van der Waals surface area contributed by atoms with Crippen molar-refractivity contribution < 1.29 is 9.18 Å². The van der Waals surface area contributed by atoms with Crippen LogP contribution in [0.3, 0.4) is 0 Å². The molecule has 0 unspecified atom stereocenters. The smallest absolute Gasteiger partial charge is 0.228 e. The van der Waals surface area contributed by atoms with E-state index in [9.17, 15) is 9.18 Å². The molecule has 0 spiro atoms. The largest absolute Gasteiger partial charge is 0.367 e. The summed E-state index contributed by atoms with van der Waals surface area (Å²) in [5.74, 6) is -0.225.